The van der Waals surface area contributed by atoms with Crippen LogP contribution < -0.4 is 10.1 Å². The zero-order chi connectivity index (χ0) is 37.6. The number of aliphatic hydroxyl groups excluding tert-OH is 1. The summed E-state index contributed by atoms with van der Waals surface area (Å²) in [6.45, 7) is 4.89. The van der Waals surface area contributed by atoms with Crippen molar-refractivity contribution < 1.29 is 37.0 Å². The molecule has 13 heteroatoms. The number of alkyl halides is 3. The standard InChI is InChI=1S/C39H40ClF4N3O4S/c1-24-19-47(25(2)22-48)38(50)31-5-4-6-34(45-36(49)17-26-11-13-29(14-12-26)39(42,43)44)37(31)51-35(24)21-46(3)20-27-7-9-28(10-8-27)23-52-30-15-16-33(41)32(40)18-30/h4-16,18,24-25,35,48H,17,19-23H2,1-3H3,(H,45,49)/t24-,25?,35-/m1/s1. The molecule has 0 aliphatic carbocycles. The molecular weight excluding hydrogens is 718 g/mol. The average Bonchev–Trinajstić information content (AvgIpc) is 3.10. The number of carbonyl (C=O) groups is 2. The normalized spacial score (nSPS) is 16.9. The van der Waals surface area contributed by atoms with E-state index < -0.39 is 35.6 Å². The fraction of sp³-hybridized carbons (Fsp3) is 0.333. The predicted octanol–water partition coefficient (Wildman–Crippen LogP) is 8.32. The summed E-state index contributed by atoms with van der Waals surface area (Å²) in [6.07, 6.45) is -5.11. The Balaban J connectivity index is 1.30. The molecule has 4 aromatic rings. The SMILES string of the molecule is CC(CO)N1C[C@@H](C)[C@@H](CN(C)Cc2ccc(CSc3ccc(F)c(Cl)c3)cc2)Oc2c(NC(=O)Cc3ccc(C(F)(F)F)cc3)cccc2C1=O. The molecular formula is C39H40ClF4N3O4S. The second kappa shape index (κ2) is 17.2. The van der Waals surface area contributed by atoms with Crippen molar-refractivity contribution in [3.63, 3.8) is 0 Å². The lowest BCUT2D eigenvalue weighted by Gasteiger charge is -2.38. The van der Waals surface area contributed by atoms with Gasteiger partial charge < -0.3 is 20.1 Å². The first-order valence-electron chi connectivity index (χ1n) is 16.7. The van der Waals surface area contributed by atoms with Gasteiger partial charge in [0.1, 0.15) is 11.9 Å². The van der Waals surface area contributed by atoms with Gasteiger partial charge in [0.25, 0.3) is 5.91 Å². The summed E-state index contributed by atoms with van der Waals surface area (Å²) in [5.41, 5.74) is 2.24. The Labute approximate surface area is 309 Å². The maximum atomic E-state index is 13.8. The van der Waals surface area contributed by atoms with Gasteiger partial charge in [-0.3, -0.25) is 14.5 Å². The van der Waals surface area contributed by atoms with E-state index in [4.69, 9.17) is 16.3 Å². The molecule has 7 nitrogen and oxygen atoms in total. The second-order valence-corrected chi connectivity index (χ2v) is 14.6. The van der Waals surface area contributed by atoms with E-state index in [0.717, 1.165) is 28.2 Å². The molecule has 276 valence electrons. The third-order valence-corrected chi connectivity index (χ3v) is 10.2. The zero-order valence-electron chi connectivity index (χ0n) is 28.9. The van der Waals surface area contributed by atoms with Gasteiger partial charge in [0, 0.05) is 36.2 Å². The summed E-state index contributed by atoms with van der Waals surface area (Å²) in [5, 5.41) is 12.9. The Hall–Kier alpha value is -4.10. The molecule has 0 saturated carbocycles. The Morgan fingerprint density at radius 2 is 1.73 bits per heavy atom. The number of fused-ring (bicyclic) bond motifs is 1. The molecule has 0 radical (unpaired) electrons. The zero-order valence-corrected chi connectivity index (χ0v) is 30.5. The third-order valence-electron chi connectivity index (χ3n) is 8.87. The van der Waals surface area contributed by atoms with E-state index in [-0.39, 0.29) is 46.9 Å². The lowest BCUT2D eigenvalue weighted by molar-refractivity contribution is -0.137. The highest BCUT2D eigenvalue weighted by Crippen LogP contribution is 2.36. The molecule has 4 aromatic carbocycles. The van der Waals surface area contributed by atoms with Gasteiger partial charge in [-0.2, -0.15) is 13.2 Å². The van der Waals surface area contributed by atoms with Gasteiger partial charge >= 0.3 is 6.18 Å². The molecule has 52 heavy (non-hydrogen) atoms. The van der Waals surface area contributed by atoms with Crippen molar-refractivity contribution >= 4 is 40.9 Å². The largest absolute Gasteiger partial charge is 0.486 e. The molecule has 5 rings (SSSR count). The van der Waals surface area contributed by atoms with E-state index in [0.29, 0.717) is 31.0 Å². The Kier molecular flexibility index (Phi) is 12.9. The van der Waals surface area contributed by atoms with E-state index in [9.17, 15) is 32.3 Å². The number of nitrogens with zero attached hydrogens (tertiary/aromatic N) is 2. The number of amides is 2. The number of aliphatic hydroxyl groups is 1. The third kappa shape index (κ3) is 10.1. The maximum Gasteiger partial charge on any atom is 0.416 e. The minimum atomic E-state index is -4.49. The second-order valence-electron chi connectivity index (χ2n) is 13.1. The van der Waals surface area contributed by atoms with Gasteiger partial charge in [-0.1, -0.05) is 61.0 Å². The van der Waals surface area contributed by atoms with Crippen LogP contribution in [0.3, 0.4) is 0 Å². The van der Waals surface area contributed by atoms with Gasteiger partial charge in [0.05, 0.1) is 40.9 Å². The van der Waals surface area contributed by atoms with Crippen LogP contribution in [-0.2, 0) is 29.7 Å². The number of carbonyl (C=O) groups excluding carboxylic acids is 2. The lowest BCUT2D eigenvalue weighted by atomic mass is 9.98. The van der Waals surface area contributed by atoms with Gasteiger partial charge in [0.2, 0.25) is 5.91 Å². The topological polar surface area (TPSA) is 82.1 Å². The van der Waals surface area contributed by atoms with Gasteiger partial charge in [-0.15, -0.1) is 11.8 Å². The lowest BCUT2D eigenvalue weighted by Crippen LogP contribution is -2.49. The number of benzene rings is 4. The molecule has 0 spiro atoms. The predicted molar refractivity (Wildman–Crippen MR) is 195 cm³/mol. The smallest absolute Gasteiger partial charge is 0.416 e. The fourth-order valence-electron chi connectivity index (χ4n) is 5.91. The first kappa shape index (κ1) is 39.1. The van der Waals surface area contributed by atoms with Crippen LogP contribution in [0.2, 0.25) is 5.02 Å². The molecule has 2 N–H and O–H groups in total. The monoisotopic (exact) mass is 757 g/mol. The minimum Gasteiger partial charge on any atom is -0.486 e. The molecule has 1 aliphatic heterocycles. The summed E-state index contributed by atoms with van der Waals surface area (Å²) in [4.78, 5) is 31.6. The molecule has 0 saturated heterocycles. The van der Waals surface area contributed by atoms with Crippen LogP contribution in [0.4, 0.5) is 23.2 Å². The number of hydrogen-bond donors (Lipinski definition) is 2. The van der Waals surface area contributed by atoms with E-state index in [1.807, 2.05) is 26.1 Å². The van der Waals surface area contributed by atoms with Crippen molar-refractivity contribution in [2.45, 2.75) is 55.8 Å². The summed E-state index contributed by atoms with van der Waals surface area (Å²) < 4.78 is 59.2. The van der Waals surface area contributed by atoms with Crippen LogP contribution in [0.5, 0.6) is 5.75 Å². The van der Waals surface area contributed by atoms with Crippen LogP contribution in [-0.4, -0.2) is 65.6 Å². The van der Waals surface area contributed by atoms with E-state index in [1.54, 1.807) is 53.9 Å². The summed E-state index contributed by atoms with van der Waals surface area (Å²) in [7, 11) is 1.97. The highest BCUT2D eigenvalue weighted by molar-refractivity contribution is 7.98. The first-order chi connectivity index (χ1) is 24.7. The van der Waals surface area contributed by atoms with Crippen molar-refractivity contribution in [2.24, 2.45) is 5.92 Å². The number of hydrogen-bond acceptors (Lipinski definition) is 6. The van der Waals surface area contributed by atoms with Gasteiger partial charge in [-0.25, -0.2) is 4.39 Å². The molecule has 3 atom stereocenters. The first-order valence-corrected chi connectivity index (χ1v) is 18.1. The average molecular weight is 758 g/mol. The van der Waals surface area contributed by atoms with Crippen LogP contribution in [0.25, 0.3) is 0 Å². The number of ether oxygens (including phenoxy) is 1. The maximum absolute atomic E-state index is 13.8. The quantitative estimate of drug-likeness (QED) is 0.112. The molecule has 2 amide bonds. The molecule has 0 bridgehead atoms. The van der Waals surface area contributed by atoms with E-state index in [2.05, 4.69) is 22.3 Å². The summed E-state index contributed by atoms with van der Waals surface area (Å²) in [6, 6.07) is 21.6. The summed E-state index contributed by atoms with van der Waals surface area (Å²) >= 11 is 7.48. The highest BCUT2D eigenvalue weighted by Gasteiger charge is 2.35. The van der Waals surface area contributed by atoms with Crippen molar-refractivity contribution in [1.29, 1.82) is 0 Å². The van der Waals surface area contributed by atoms with Crippen LogP contribution in [0.1, 0.15) is 46.5 Å². The number of rotatable bonds is 12. The van der Waals surface area contributed by atoms with Crippen LogP contribution in [0, 0.1) is 11.7 Å². The van der Waals surface area contributed by atoms with Crippen molar-refractivity contribution in [2.75, 3.05) is 32.1 Å². The van der Waals surface area contributed by atoms with E-state index >= 15 is 0 Å². The minimum absolute atomic E-state index is 0.0920. The van der Waals surface area contributed by atoms with Crippen molar-refractivity contribution in [3.8, 4) is 5.75 Å². The van der Waals surface area contributed by atoms with Crippen LogP contribution in [0.15, 0.2) is 89.8 Å². The van der Waals surface area contributed by atoms with Crippen LogP contribution >= 0.6 is 23.4 Å². The number of likely N-dealkylation sites (N-methyl/N-ethyl adjacent to an activating group) is 1. The van der Waals surface area contributed by atoms with Gasteiger partial charge in [0.15, 0.2) is 5.75 Å². The molecule has 1 heterocycles. The number of anilines is 1. The Morgan fingerprint density at radius 3 is 2.38 bits per heavy atom. The van der Waals surface area contributed by atoms with Gasteiger partial charge in [-0.05, 0) is 73.1 Å². The highest BCUT2D eigenvalue weighted by atomic mass is 35.5. The number of halogens is 5. The number of thioether (sulfide) groups is 1. The van der Waals surface area contributed by atoms with Crippen molar-refractivity contribution in [1.82, 2.24) is 9.80 Å². The number of para-hydroxylation sites is 1. The Bertz CT molecular complexity index is 1860. The summed E-state index contributed by atoms with van der Waals surface area (Å²) in [5.74, 6) is -0.584. The van der Waals surface area contributed by atoms with Crippen molar-refractivity contribution in [3.05, 3.63) is 124 Å². The van der Waals surface area contributed by atoms with E-state index in [1.165, 1.54) is 18.2 Å². The Morgan fingerprint density at radius 1 is 1.06 bits per heavy atom. The molecule has 0 aromatic heterocycles. The molecule has 1 aliphatic rings. The molecule has 1 unspecified atom stereocenters. The molecule has 0 fully saturated rings. The number of nitrogens with one attached hydrogen (secondary N) is 1. The fourth-order valence-corrected chi connectivity index (χ4v) is 7.05.